The van der Waals surface area contributed by atoms with Gasteiger partial charge < -0.3 is 5.32 Å². The summed E-state index contributed by atoms with van der Waals surface area (Å²) in [6.45, 7) is 1.83. The number of aromatic nitrogens is 4. The Balaban J connectivity index is 1.66. The van der Waals surface area contributed by atoms with E-state index in [1.54, 1.807) is 6.20 Å². The fourth-order valence-corrected chi connectivity index (χ4v) is 2.80. The molecule has 4 rings (SSSR count). The van der Waals surface area contributed by atoms with Gasteiger partial charge in [-0.15, -0.1) is 0 Å². The molecule has 0 saturated heterocycles. The summed E-state index contributed by atoms with van der Waals surface area (Å²) in [5.74, 6) is 0.493. The maximum Gasteiger partial charge on any atom is 0.416 e. The quantitative estimate of drug-likeness (QED) is 0.531. The number of fused-ring (bicyclic) bond motifs is 1. The van der Waals surface area contributed by atoms with Crippen LogP contribution >= 0.6 is 0 Å². The van der Waals surface area contributed by atoms with Crippen LogP contribution in [0.4, 0.5) is 24.7 Å². The first kappa shape index (κ1) is 17.8. The standard InChI is InChI=1S/C20H14F3N5/c1-12-17(16-9-4-13-3-2-10-24-19(13)28-16)25-11-26-18(12)27-15-7-5-14(6-8-15)20(21,22)23/h2-11H,1H3,(H,25,26,27). The molecule has 0 spiro atoms. The van der Waals surface area contributed by atoms with Gasteiger partial charge in [-0.25, -0.2) is 19.9 Å². The zero-order chi connectivity index (χ0) is 19.7. The van der Waals surface area contributed by atoms with Gasteiger partial charge in [-0.3, -0.25) is 0 Å². The van der Waals surface area contributed by atoms with E-state index in [1.807, 2.05) is 31.2 Å². The molecular weight excluding hydrogens is 367 g/mol. The summed E-state index contributed by atoms with van der Waals surface area (Å²) in [7, 11) is 0. The van der Waals surface area contributed by atoms with Gasteiger partial charge in [0, 0.05) is 22.8 Å². The Bertz CT molecular complexity index is 1140. The molecule has 0 aliphatic rings. The Hall–Kier alpha value is -3.55. The van der Waals surface area contributed by atoms with Gasteiger partial charge in [0.2, 0.25) is 0 Å². The highest BCUT2D eigenvalue weighted by molar-refractivity contribution is 5.78. The van der Waals surface area contributed by atoms with Gasteiger partial charge >= 0.3 is 6.18 Å². The number of anilines is 2. The topological polar surface area (TPSA) is 63.6 Å². The molecule has 140 valence electrons. The minimum absolute atomic E-state index is 0.493. The Labute approximate surface area is 158 Å². The SMILES string of the molecule is Cc1c(Nc2ccc(C(F)(F)F)cc2)ncnc1-c1ccc2cccnc2n1. The zero-order valence-electron chi connectivity index (χ0n) is 14.7. The van der Waals surface area contributed by atoms with E-state index < -0.39 is 11.7 Å². The second-order valence-corrected chi connectivity index (χ2v) is 6.14. The van der Waals surface area contributed by atoms with E-state index in [2.05, 4.69) is 25.3 Å². The number of benzene rings is 1. The van der Waals surface area contributed by atoms with Gasteiger partial charge in [-0.05, 0) is 55.5 Å². The number of rotatable bonds is 3. The van der Waals surface area contributed by atoms with Gasteiger partial charge in [-0.1, -0.05) is 0 Å². The van der Waals surface area contributed by atoms with Crippen molar-refractivity contribution in [3.63, 3.8) is 0 Å². The predicted octanol–water partition coefficient (Wildman–Crippen LogP) is 5.16. The van der Waals surface area contributed by atoms with Crippen LogP contribution in [0, 0.1) is 6.92 Å². The summed E-state index contributed by atoms with van der Waals surface area (Å²) in [5, 5.41) is 3.95. The fraction of sp³-hybridized carbons (Fsp3) is 0.100. The molecule has 0 unspecified atom stereocenters. The third-order valence-electron chi connectivity index (χ3n) is 4.27. The summed E-state index contributed by atoms with van der Waals surface area (Å²) in [6, 6.07) is 12.3. The third-order valence-corrected chi connectivity index (χ3v) is 4.27. The first-order chi connectivity index (χ1) is 13.4. The molecule has 5 nitrogen and oxygen atoms in total. The number of pyridine rings is 2. The second kappa shape index (κ2) is 6.88. The monoisotopic (exact) mass is 381 g/mol. The molecule has 0 fully saturated rings. The maximum absolute atomic E-state index is 12.7. The Kier molecular flexibility index (Phi) is 4.38. The Morgan fingerprint density at radius 3 is 2.43 bits per heavy atom. The summed E-state index contributed by atoms with van der Waals surface area (Å²) in [5.41, 5.74) is 2.39. The summed E-state index contributed by atoms with van der Waals surface area (Å²) < 4.78 is 38.1. The maximum atomic E-state index is 12.7. The summed E-state index contributed by atoms with van der Waals surface area (Å²) in [6.07, 6.45) is -1.31. The second-order valence-electron chi connectivity index (χ2n) is 6.14. The highest BCUT2D eigenvalue weighted by atomic mass is 19.4. The van der Waals surface area contributed by atoms with Crippen LogP contribution in [0.15, 0.2) is 61.1 Å². The first-order valence-electron chi connectivity index (χ1n) is 8.40. The Morgan fingerprint density at radius 2 is 1.68 bits per heavy atom. The van der Waals surface area contributed by atoms with Crippen molar-refractivity contribution in [2.75, 3.05) is 5.32 Å². The van der Waals surface area contributed by atoms with Gasteiger partial charge in [0.15, 0.2) is 5.65 Å². The van der Waals surface area contributed by atoms with E-state index in [9.17, 15) is 13.2 Å². The average Bonchev–Trinajstić information content (AvgIpc) is 2.69. The van der Waals surface area contributed by atoms with E-state index >= 15 is 0 Å². The molecular formula is C20H14F3N5. The third kappa shape index (κ3) is 3.48. The smallest absolute Gasteiger partial charge is 0.340 e. The molecule has 0 aliphatic carbocycles. The predicted molar refractivity (Wildman–Crippen MR) is 100 cm³/mol. The molecule has 0 bridgehead atoms. The van der Waals surface area contributed by atoms with Crippen molar-refractivity contribution in [1.82, 2.24) is 19.9 Å². The van der Waals surface area contributed by atoms with E-state index in [-0.39, 0.29) is 0 Å². The number of alkyl halides is 3. The van der Waals surface area contributed by atoms with Gasteiger partial charge in [-0.2, -0.15) is 13.2 Å². The van der Waals surface area contributed by atoms with Crippen LogP contribution < -0.4 is 5.32 Å². The Morgan fingerprint density at radius 1 is 0.893 bits per heavy atom. The lowest BCUT2D eigenvalue weighted by molar-refractivity contribution is -0.137. The first-order valence-corrected chi connectivity index (χ1v) is 8.40. The number of nitrogens with zero attached hydrogens (tertiary/aromatic N) is 4. The van der Waals surface area contributed by atoms with Crippen LogP contribution in [0.2, 0.25) is 0 Å². The van der Waals surface area contributed by atoms with E-state index in [0.717, 1.165) is 23.1 Å². The zero-order valence-corrected chi connectivity index (χ0v) is 14.7. The van der Waals surface area contributed by atoms with Crippen molar-refractivity contribution >= 4 is 22.5 Å². The van der Waals surface area contributed by atoms with Crippen molar-refractivity contribution in [3.8, 4) is 11.4 Å². The number of nitrogens with one attached hydrogen (secondary N) is 1. The van der Waals surface area contributed by atoms with E-state index in [4.69, 9.17) is 0 Å². The molecule has 0 radical (unpaired) electrons. The molecule has 4 aromatic rings. The molecule has 0 amide bonds. The minimum Gasteiger partial charge on any atom is -0.340 e. The number of hydrogen-bond acceptors (Lipinski definition) is 5. The lowest BCUT2D eigenvalue weighted by Gasteiger charge is -2.12. The van der Waals surface area contributed by atoms with Crippen LogP contribution in [0.5, 0.6) is 0 Å². The van der Waals surface area contributed by atoms with Crippen molar-refractivity contribution < 1.29 is 13.2 Å². The van der Waals surface area contributed by atoms with Gasteiger partial charge in [0.05, 0.1) is 17.0 Å². The molecule has 1 aromatic carbocycles. The fourth-order valence-electron chi connectivity index (χ4n) is 2.80. The van der Waals surface area contributed by atoms with Crippen molar-refractivity contribution in [1.29, 1.82) is 0 Å². The normalized spacial score (nSPS) is 11.6. The van der Waals surface area contributed by atoms with Crippen LogP contribution in [0.25, 0.3) is 22.4 Å². The molecule has 1 N–H and O–H groups in total. The molecule has 3 heterocycles. The molecule has 28 heavy (non-hydrogen) atoms. The van der Waals surface area contributed by atoms with Crippen LogP contribution in [-0.2, 0) is 6.18 Å². The summed E-state index contributed by atoms with van der Waals surface area (Å²) in [4.78, 5) is 17.3. The largest absolute Gasteiger partial charge is 0.416 e. The lowest BCUT2D eigenvalue weighted by atomic mass is 10.1. The molecule has 0 aliphatic heterocycles. The minimum atomic E-state index is -4.37. The lowest BCUT2D eigenvalue weighted by Crippen LogP contribution is -2.05. The molecule has 0 atom stereocenters. The summed E-state index contributed by atoms with van der Waals surface area (Å²) >= 11 is 0. The van der Waals surface area contributed by atoms with E-state index in [1.165, 1.54) is 18.5 Å². The number of hydrogen-bond donors (Lipinski definition) is 1. The molecule has 3 aromatic heterocycles. The van der Waals surface area contributed by atoms with E-state index in [0.29, 0.717) is 28.5 Å². The van der Waals surface area contributed by atoms with Crippen molar-refractivity contribution in [3.05, 3.63) is 72.2 Å². The van der Waals surface area contributed by atoms with Gasteiger partial charge in [0.1, 0.15) is 12.1 Å². The van der Waals surface area contributed by atoms with Crippen LogP contribution in [0.1, 0.15) is 11.1 Å². The highest BCUT2D eigenvalue weighted by Crippen LogP contribution is 2.31. The van der Waals surface area contributed by atoms with Crippen molar-refractivity contribution in [2.45, 2.75) is 13.1 Å². The van der Waals surface area contributed by atoms with Gasteiger partial charge in [0.25, 0.3) is 0 Å². The van der Waals surface area contributed by atoms with Crippen LogP contribution in [-0.4, -0.2) is 19.9 Å². The number of halogens is 3. The molecule has 0 saturated carbocycles. The van der Waals surface area contributed by atoms with Crippen molar-refractivity contribution in [2.24, 2.45) is 0 Å². The molecule has 8 heteroatoms. The highest BCUT2D eigenvalue weighted by Gasteiger charge is 2.29. The van der Waals surface area contributed by atoms with Crippen LogP contribution in [0.3, 0.4) is 0 Å². The average molecular weight is 381 g/mol.